The van der Waals surface area contributed by atoms with Crippen LogP contribution in [-0.2, 0) is 0 Å². The third-order valence-electron chi connectivity index (χ3n) is 2.15. The first-order valence-corrected chi connectivity index (χ1v) is 17.0. The Kier molecular flexibility index (Phi) is 23.8. The number of hydrogen-bond acceptors (Lipinski definition) is 12. The quantitative estimate of drug-likeness (QED) is 0.0837. The summed E-state index contributed by atoms with van der Waals surface area (Å²) >= 11 is 33.3. The Bertz CT molecular complexity index is 218. The van der Waals surface area contributed by atoms with Crippen LogP contribution in [0, 0.1) is 0 Å². The van der Waals surface area contributed by atoms with Crippen molar-refractivity contribution in [2.75, 3.05) is 31.2 Å². The molecule has 0 spiro atoms. The molecule has 12 heteroatoms. The molecule has 0 rings (SSSR count). The summed E-state index contributed by atoms with van der Waals surface area (Å²) in [5.74, 6) is 1.05. The van der Waals surface area contributed by atoms with Crippen molar-refractivity contribution < 1.29 is 0 Å². The average molecular weight is 527 g/mol. The fourth-order valence-electron chi connectivity index (χ4n) is 1.25. The minimum atomic E-state index is 0.570. The van der Waals surface area contributed by atoms with Crippen molar-refractivity contribution in [3.63, 3.8) is 0 Å². The van der Waals surface area contributed by atoms with Crippen molar-refractivity contribution in [2.45, 2.75) is 20.2 Å². The lowest BCUT2D eigenvalue weighted by atomic mass is 10.5. The van der Waals surface area contributed by atoms with Crippen molar-refractivity contribution in [2.24, 2.45) is 0 Å². The van der Waals surface area contributed by atoms with Crippen molar-refractivity contribution in [3.05, 3.63) is 0 Å². The zero-order valence-electron chi connectivity index (χ0n) is 11.8. The van der Waals surface area contributed by atoms with E-state index in [1.165, 1.54) is 6.42 Å². The van der Waals surface area contributed by atoms with Gasteiger partial charge in [0.1, 0.15) is 0 Å². The van der Waals surface area contributed by atoms with Crippen molar-refractivity contribution in [1.82, 2.24) is 0 Å². The van der Waals surface area contributed by atoms with Crippen LogP contribution in [-0.4, -0.2) is 44.9 Å². The maximum absolute atomic E-state index is 4.39. The summed E-state index contributed by atoms with van der Waals surface area (Å²) < 4.78 is 1.73. The lowest BCUT2D eigenvalue weighted by Gasteiger charge is -2.22. The van der Waals surface area contributed by atoms with Crippen molar-refractivity contribution in [3.8, 4) is 0 Å². The molecular formula is C10H22S12. The summed E-state index contributed by atoms with van der Waals surface area (Å²) in [6.07, 6.45) is 1.17. The maximum Gasteiger partial charge on any atom is 0.0617 e. The second kappa shape index (κ2) is 19.9. The van der Waals surface area contributed by atoms with Gasteiger partial charge in [-0.3, -0.25) is 0 Å². The van der Waals surface area contributed by atoms with Gasteiger partial charge in [0.15, 0.2) is 0 Å². The Morgan fingerprint density at radius 2 is 1.00 bits per heavy atom. The van der Waals surface area contributed by atoms with E-state index < -0.39 is 0 Å². The first-order chi connectivity index (χ1) is 10.7. The number of hydrogen-bond donors (Lipinski definition) is 5. The zero-order chi connectivity index (χ0) is 16.6. The zero-order valence-corrected chi connectivity index (χ0v) is 22.0. The molecule has 0 bridgehead atoms. The van der Waals surface area contributed by atoms with Crippen LogP contribution in [0.25, 0.3) is 0 Å². The first kappa shape index (κ1) is 26.2. The lowest BCUT2D eigenvalue weighted by Crippen LogP contribution is -2.09. The summed E-state index contributed by atoms with van der Waals surface area (Å²) in [6, 6.07) is 0. The summed E-state index contributed by atoms with van der Waals surface area (Å²) in [5, 5.41) is 4.57. The van der Waals surface area contributed by atoms with E-state index in [9.17, 15) is 0 Å². The molecule has 0 fully saturated rings. The molecule has 0 aliphatic heterocycles. The SMILES string of the molecule is SCSC(CSS)SCSC(CC(SCS)SCS)SCS. The van der Waals surface area contributed by atoms with E-state index in [1.807, 2.05) is 70.6 Å². The standard InChI is InChI=1S/C10H22S12/c11-3-16-8(17-4-12)1-9(18-5-13)20-7-21-10(2-22-15)19-6-14/h8-15H,1-7H2. The van der Waals surface area contributed by atoms with Crippen LogP contribution in [0.2, 0.25) is 0 Å². The highest BCUT2D eigenvalue weighted by molar-refractivity contribution is 8.68. The summed E-state index contributed by atoms with van der Waals surface area (Å²) in [4.78, 5) is 0. The van der Waals surface area contributed by atoms with Gasteiger partial charge in [0, 0.05) is 31.2 Å². The highest BCUT2D eigenvalue weighted by atomic mass is 33.1. The van der Waals surface area contributed by atoms with E-state index in [1.54, 1.807) is 10.8 Å². The predicted octanol–water partition coefficient (Wildman–Crippen LogP) is 6.84. The molecule has 22 heavy (non-hydrogen) atoms. The molecule has 0 aliphatic carbocycles. The third kappa shape index (κ3) is 15.3. The number of thioether (sulfide) groups is 6. The molecule has 0 heterocycles. The largest absolute Gasteiger partial charge is 0.168 e. The van der Waals surface area contributed by atoms with Crippen LogP contribution < -0.4 is 0 Å². The molecular weight excluding hydrogens is 505 g/mol. The van der Waals surface area contributed by atoms with Gasteiger partial charge in [-0.05, 0) is 6.42 Å². The van der Waals surface area contributed by atoms with E-state index in [4.69, 9.17) is 0 Å². The van der Waals surface area contributed by atoms with Crippen molar-refractivity contribution in [1.29, 1.82) is 0 Å². The van der Waals surface area contributed by atoms with E-state index in [0.29, 0.717) is 13.7 Å². The van der Waals surface area contributed by atoms with Crippen LogP contribution in [0.15, 0.2) is 0 Å². The molecule has 0 nitrogen and oxygen atoms in total. The molecule has 0 aromatic carbocycles. The van der Waals surface area contributed by atoms with Crippen LogP contribution >= 0.6 is 144 Å². The molecule has 0 saturated carbocycles. The van der Waals surface area contributed by atoms with Gasteiger partial charge in [0.2, 0.25) is 0 Å². The van der Waals surface area contributed by atoms with Gasteiger partial charge in [-0.2, -0.15) is 50.5 Å². The summed E-state index contributed by atoms with van der Waals surface area (Å²) in [5.41, 5.74) is 0. The van der Waals surface area contributed by atoms with Gasteiger partial charge in [-0.1, -0.05) is 10.8 Å². The molecule has 0 amide bonds. The molecule has 0 saturated heterocycles. The summed E-state index contributed by atoms with van der Waals surface area (Å²) in [7, 11) is 1.61. The van der Waals surface area contributed by atoms with Crippen LogP contribution in [0.4, 0.5) is 0 Å². The lowest BCUT2D eigenvalue weighted by molar-refractivity contribution is 1.03. The van der Waals surface area contributed by atoms with Crippen LogP contribution in [0.3, 0.4) is 0 Å². The van der Waals surface area contributed by atoms with Gasteiger partial charge < -0.3 is 0 Å². The number of rotatable bonds is 16. The molecule has 0 radical (unpaired) electrons. The van der Waals surface area contributed by atoms with Gasteiger partial charge >= 0.3 is 0 Å². The van der Waals surface area contributed by atoms with E-state index >= 15 is 0 Å². The first-order valence-electron chi connectivity index (χ1n) is 6.11. The molecule has 0 aliphatic rings. The molecule has 0 N–H and O–H groups in total. The monoisotopic (exact) mass is 526 g/mol. The summed E-state index contributed by atoms with van der Waals surface area (Å²) in [6.45, 7) is 0. The van der Waals surface area contributed by atoms with Gasteiger partial charge in [0.25, 0.3) is 0 Å². The smallest absolute Gasteiger partial charge is 0.0617 e. The van der Waals surface area contributed by atoms with Gasteiger partial charge in [-0.25, -0.2) is 0 Å². The maximum atomic E-state index is 4.39. The molecule has 0 aromatic heterocycles. The average Bonchev–Trinajstić information content (AvgIpc) is 2.48. The highest BCUT2D eigenvalue weighted by Crippen LogP contribution is 2.40. The second-order valence-electron chi connectivity index (χ2n) is 3.45. The Hall–Kier alpha value is 4.20. The van der Waals surface area contributed by atoms with E-state index in [0.717, 1.165) is 31.2 Å². The Morgan fingerprint density at radius 3 is 1.45 bits per heavy atom. The minimum absolute atomic E-state index is 0.570. The predicted molar refractivity (Wildman–Crippen MR) is 143 cm³/mol. The fourth-order valence-corrected chi connectivity index (χ4v) is 13.9. The highest BCUT2D eigenvalue weighted by Gasteiger charge is 2.18. The van der Waals surface area contributed by atoms with Gasteiger partial charge in [0.05, 0.1) is 13.7 Å². The topological polar surface area (TPSA) is 0 Å². The third-order valence-corrected chi connectivity index (χ3v) is 12.8. The van der Waals surface area contributed by atoms with Crippen LogP contribution in [0.1, 0.15) is 6.42 Å². The second-order valence-corrected chi connectivity index (χ2v) is 16.2. The Labute approximate surface area is 192 Å². The molecule has 2 atom stereocenters. The Morgan fingerprint density at radius 1 is 0.591 bits per heavy atom. The normalized spacial score (nSPS) is 14.5. The molecule has 2 unspecified atom stereocenters. The van der Waals surface area contributed by atoms with Crippen molar-refractivity contribution >= 4 is 144 Å². The fraction of sp³-hybridized carbons (Fsp3) is 1.00. The minimum Gasteiger partial charge on any atom is -0.168 e. The van der Waals surface area contributed by atoms with E-state index in [-0.39, 0.29) is 0 Å². The number of thiol groups is 5. The molecule has 0 aromatic rings. The molecule has 134 valence electrons. The van der Waals surface area contributed by atoms with Crippen LogP contribution in [0.5, 0.6) is 0 Å². The van der Waals surface area contributed by atoms with Gasteiger partial charge in [-0.15, -0.1) is 82.2 Å². The Balaban J connectivity index is 4.19. The van der Waals surface area contributed by atoms with E-state index in [2.05, 4.69) is 62.2 Å².